The van der Waals surface area contributed by atoms with Crippen molar-refractivity contribution in [1.29, 1.82) is 0 Å². The quantitative estimate of drug-likeness (QED) is 0.211. The van der Waals surface area contributed by atoms with E-state index in [1.165, 1.54) is 18.2 Å². The summed E-state index contributed by atoms with van der Waals surface area (Å²) in [4.78, 5) is 25.6. The summed E-state index contributed by atoms with van der Waals surface area (Å²) < 4.78 is 77.5. The van der Waals surface area contributed by atoms with Crippen LogP contribution in [0.1, 0.15) is 33.0 Å². The van der Waals surface area contributed by atoms with E-state index >= 15 is 0 Å². The summed E-state index contributed by atoms with van der Waals surface area (Å²) in [7, 11) is 0. The van der Waals surface area contributed by atoms with E-state index in [-0.39, 0.29) is 34.6 Å². The molecule has 0 saturated heterocycles. The topological polar surface area (TPSA) is 58.2 Å². The fourth-order valence-electron chi connectivity index (χ4n) is 4.02. The van der Waals surface area contributed by atoms with Gasteiger partial charge in [0.2, 0.25) is 5.91 Å². The molecule has 3 aromatic rings. The van der Waals surface area contributed by atoms with Gasteiger partial charge in [0.1, 0.15) is 4.33 Å². The van der Waals surface area contributed by atoms with Crippen LogP contribution in [0.3, 0.4) is 0 Å². The van der Waals surface area contributed by atoms with Gasteiger partial charge >= 0.3 is 12.4 Å². The Hall–Kier alpha value is -2.37. The van der Waals surface area contributed by atoms with E-state index in [4.69, 9.17) is 58.0 Å². The molecule has 3 aromatic carbocycles. The first kappa shape index (κ1) is 30.6. The third kappa shape index (κ3) is 6.57. The van der Waals surface area contributed by atoms with Crippen molar-refractivity contribution >= 4 is 81.2 Å². The summed E-state index contributed by atoms with van der Waals surface area (Å²) in [6.45, 7) is 0. The molecule has 1 aliphatic carbocycles. The summed E-state index contributed by atoms with van der Waals surface area (Å²) >= 11 is 30.8. The number of hydrogen-bond acceptors (Lipinski definition) is 2. The molecule has 0 aromatic heterocycles. The molecule has 4 rings (SSSR count). The molecule has 2 N–H and O–H groups in total. The van der Waals surface area contributed by atoms with Crippen LogP contribution in [0.4, 0.5) is 37.7 Å². The first-order chi connectivity index (χ1) is 18.4. The standard InChI is InChI=1S/C25H13Cl5F6N2O2/c26-14-5-10(6-15(27)8-14)19-20(23(19,29)30)22(40)37-16-1-2-17(28)18(9-16)38-21(39)11-3-12(24(31,32)33)7-13(4-11)25(34,35)36/h1-9,19-20H,(H,37,40)(H,38,39)/t19-,20+/m0/s1. The highest BCUT2D eigenvalue weighted by Crippen LogP contribution is 2.65. The SMILES string of the molecule is O=C(Nc1cc(NC(=O)[C@H]2[C@H](c3cc(Cl)cc(Cl)c3)C2(Cl)Cl)ccc1Cl)c1cc(C(F)(F)F)cc(C(F)(F)F)c1. The van der Waals surface area contributed by atoms with E-state index in [2.05, 4.69) is 10.6 Å². The van der Waals surface area contributed by atoms with Crippen molar-refractivity contribution in [3.05, 3.63) is 91.9 Å². The van der Waals surface area contributed by atoms with Gasteiger partial charge in [0.25, 0.3) is 5.91 Å². The molecule has 1 fully saturated rings. The maximum Gasteiger partial charge on any atom is 0.416 e. The van der Waals surface area contributed by atoms with Crippen LogP contribution in [-0.2, 0) is 17.1 Å². The maximum absolute atomic E-state index is 13.2. The predicted octanol–water partition coefficient (Wildman–Crippen LogP) is 9.46. The summed E-state index contributed by atoms with van der Waals surface area (Å²) in [5.41, 5.74) is -3.85. The third-order valence-electron chi connectivity index (χ3n) is 5.91. The van der Waals surface area contributed by atoms with Crippen LogP contribution in [0.2, 0.25) is 15.1 Å². The smallest absolute Gasteiger partial charge is 0.326 e. The number of nitrogens with one attached hydrogen (secondary N) is 2. The highest BCUT2D eigenvalue weighted by atomic mass is 35.5. The maximum atomic E-state index is 13.2. The fraction of sp³-hybridized carbons (Fsp3) is 0.200. The number of carbonyl (C=O) groups is 2. The Morgan fingerprint density at radius 1 is 0.750 bits per heavy atom. The molecule has 2 atom stereocenters. The van der Waals surface area contributed by atoms with Gasteiger partial charge in [-0.1, -0.05) is 34.8 Å². The highest BCUT2D eigenvalue weighted by Gasteiger charge is 2.67. The van der Waals surface area contributed by atoms with Gasteiger partial charge in [-0.15, -0.1) is 23.2 Å². The number of alkyl halides is 8. The van der Waals surface area contributed by atoms with Crippen molar-refractivity contribution in [3.63, 3.8) is 0 Å². The predicted molar refractivity (Wildman–Crippen MR) is 142 cm³/mol. The van der Waals surface area contributed by atoms with E-state index in [9.17, 15) is 35.9 Å². The van der Waals surface area contributed by atoms with Crippen LogP contribution in [0, 0.1) is 5.92 Å². The number of benzene rings is 3. The Balaban J connectivity index is 1.55. The summed E-state index contributed by atoms with van der Waals surface area (Å²) in [6, 6.07) is 8.80. The molecule has 4 nitrogen and oxygen atoms in total. The molecule has 0 heterocycles. The zero-order chi connectivity index (χ0) is 29.8. The van der Waals surface area contributed by atoms with E-state index in [0.717, 1.165) is 6.07 Å². The first-order valence-corrected chi connectivity index (χ1v) is 12.8. The van der Waals surface area contributed by atoms with E-state index in [1.807, 2.05) is 0 Å². The number of amides is 2. The first-order valence-electron chi connectivity index (χ1n) is 10.9. The third-order valence-corrected chi connectivity index (χ3v) is 7.62. The second kappa shape index (κ2) is 10.8. The second-order valence-electron chi connectivity index (χ2n) is 8.77. The Kier molecular flexibility index (Phi) is 8.26. The van der Waals surface area contributed by atoms with Crippen molar-refractivity contribution in [3.8, 4) is 0 Å². The van der Waals surface area contributed by atoms with Crippen LogP contribution >= 0.6 is 58.0 Å². The molecule has 212 valence electrons. The molecule has 40 heavy (non-hydrogen) atoms. The zero-order valence-corrected chi connectivity index (χ0v) is 23.1. The molecule has 1 aliphatic rings. The van der Waals surface area contributed by atoms with E-state index in [0.29, 0.717) is 15.6 Å². The Morgan fingerprint density at radius 2 is 1.30 bits per heavy atom. The molecular formula is C25H13Cl5F6N2O2. The van der Waals surface area contributed by atoms with Crippen LogP contribution in [0.15, 0.2) is 54.6 Å². The van der Waals surface area contributed by atoms with Gasteiger partial charge in [0.15, 0.2) is 0 Å². The molecule has 0 radical (unpaired) electrons. The van der Waals surface area contributed by atoms with Crippen LogP contribution in [0.25, 0.3) is 0 Å². The van der Waals surface area contributed by atoms with Crippen molar-refractivity contribution < 1.29 is 35.9 Å². The van der Waals surface area contributed by atoms with Crippen LogP contribution in [0.5, 0.6) is 0 Å². The minimum Gasteiger partial charge on any atom is -0.326 e. The molecule has 0 spiro atoms. The monoisotopic (exact) mass is 662 g/mol. The molecule has 0 bridgehead atoms. The Bertz CT molecular complexity index is 1460. The van der Waals surface area contributed by atoms with E-state index in [1.54, 1.807) is 12.1 Å². The Labute approximate surface area is 247 Å². The number of rotatable bonds is 5. The lowest BCUT2D eigenvalue weighted by Crippen LogP contribution is -2.18. The van der Waals surface area contributed by atoms with Crippen LogP contribution < -0.4 is 10.6 Å². The van der Waals surface area contributed by atoms with Gasteiger partial charge in [0.05, 0.1) is 27.8 Å². The molecule has 0 unspecified atom stereocenters. The second-order valence-corrected chi connectivity index (χ2v) is 11.5. The van der Waals surface area contributed by atoms with E-state index < -0.39 is 57.0 Å². The summed E-state index contributed by atoms with van der Waals surface area (Å²) in [5, 5.41) is 5.21. The number of anilines is 2. The largest absolute Gasteiger partial charge is 0.416 e. The summed E-state index contributed by atoms with van der Waals surface area (Å²) in [5.74, 6) is -3.53. The van der Waals surface area contributed by atoms with Crippen LogP contribution in [-0.4, -0.2) is 16.1 Å². The van der Waals surface area contributed by atoms with Gasteiger partial charge in [-0.3, -0.25) is 9.59 Å². The van der Waals surface area contributed by atoms with Gasteiger partial charge in [-0.2, -0.15) is 26.3 Å². The van der Waals surface area contributed by atoms with Crippen molar-refractivity contribution in [2.45, 2.75) is 22.6 Å². The lowest BCUT2D eigenvalue weighted by Gasteiger charge is -2.15. The average Bonchev–Trinajstić information content (AvgIpc) is 3.41. The van der Waals surface area contributed by atoms with Gasteiger partial charge in [0, 0.05) is 27.2 Å². The molecule has 15 heteroatoms. The van der Waals surface area contributed by atoms with Crippen molar-refractivity contribution in [2.75, 3.05) is 10.6 Å². The highest BCUT2D eigenvalue weighted by molar-refractivity contribution is 6.53. The molecule has 1 saturated carbocycles. The van der Waals surface area contributed by atoms with Gasteiger partial charge in [-0.05, 0) is 60.2 Å². The lowest BCUT2D eigenvalue weighted by molar-refractivity contribution is -0.143. The normalized spacial score (nSPS) is 18.3. The fourth-order valence-corrected chi connectivity index (χ4v) is 5.56. The van der Waals surface area contributed by atoms with Crippen molar-refractivity contribution in [1.82, 2.24) is 0 Å². The molecular weight excluding hydrogens is 652 g/mol. The number of carbonyl (C=O) groups excluding carboxylic acids is 2. The number of hydrogen-bond donors (Lipinski definition) is 2. The minimum atomic E-state index is -5.14. The molecule has 0 aliphatic heterocycles. The lowest BCUT2D eigenvalue weighted by atomic mass is 10.0. The van der Waals surface area contributed by atoms with Crippen molar-refractivity contribution in [2.24, 2.45) is 5.92 Å². The van der Waals surface area contributed by atoms with Gasteiger partial charge in [-0.25, -0.2) is 0 Å². The number of halogens is 11. The average molecular weight is 665 g/mol. The zero-order valence-electron chi connectivity index (χ0n) is 19.3. The molecule has 2 amide bonds. The van der Waals surface area contributed by atoms with Gasteiger partial charge < -0.3 is 10.6 Å². The Morgan fingerprint density at radius 3 is 1.82 bits per heavy atom. The minimum absolute atomic E-state index is 0.0728. The summed E-state index contributed by atoms with van der Waals surface area (Å²) in [6.07, 6.45) is -10.3.